The Morgan fingerprint density at radius 2 is 1.97 bits per heavy atom. The van der Waals surface area contributed by atoms with E-state index in [1.54, 1.807) is 0 Å². The average Bonchev–Trinajstić information content (AvgIpc) is 2.77. The second-order valence-electron chi connectivity index (χ2n) is 9.21. The summed E-state index contributed by atoms with van der Waals surface area (Å²) in [5.74, 6) is -7.09. The molecule has 35 heavy (non-hydrogen) atoms. The second-order valence-corrected chi connectivity index (χ2v) is 10.7. The van der Waals surface area contributed by atoms with Crippen LogP contribution in [0.15, 0.2) is 29.0 Å². The number of Topliss-reactive ketones (excluding diaryl/α,β-unsaturated/α-hetero) is 2. The van der Waals surface area contributed by atoms with E-state index in [-0.39, 0.29) is 29.7 Å². The van der Waals surface area contributed by atoms with Gasteiger partial charge in [-0.3, -0.25) is 19.3 Å². The SMILES string of the molecule is CN(C)C1C(=O)C(C(N)=O)=C(O)C2(O)C(=O)C3=C(O)c4c(O)ccc(NC(I)CF)c4CC3CC12. The van der Waals surface area contributed by atoms with Gasteiger partial charge in [-0.05, 0) is 50.6 Å². The number of ketones is 2. The lowest BCUT2D eigenvalue weighted by atomic mass is 9.57. The van der Waals surface area contributed by atoms with E-state index >= 15 is 0 Å². The number of anilines is 1. The van der Waals surface area contributed by atoms with Crippen molar-refractivity contribution in [3.05, 3.63) is 40.2 Å². The molecule has 5 atom stereocenters. The number of benzene rings is 1. The maximum atomic E-state index is 13.7. The smallest absolute Gasteiger partial charge is 0.255 e. The Bertz CT molecular complexity index is 1210. The van der Waals surface area contributed by atoms with E-state index in [1.807, 2.05) is 22.6 Å². The minimum Gasteiger partial charge on any atom is -0.508 e. The van der Waals surface area contributed by atoms with Crippen molar-refractivity contribution in [2.24, 2.45) is 17.6 Å². The Balaban J connectivity index is 1.94. The standard InChI is InChI=1S/C23H25FIN3O7/c1-28(2)17-10-6-8-5-9-11(27-13(25)7-24)3-4-12(29)15(9)18(30)14(8)20(32)23(10,35)21(33)16(19(17)31)22(26)34/h3-4,8,10,13,17,27,29-30,33,35H,5-7H2,1-2H3,(H2,26,34). The van der Waals surface area contributed by atoms with Crippen LogP contribution in [0.25, 0.3) is 5.76 Å². The number of phenols is 1. The Hall–Kier alpha value is -2.71. The Morgan fingerprint density at radius 1 is 1.31 bits per heavy atom. The normalized spacial score (nSPS) is 29.0. The van der Waals surface area contributed by atoms with Gasteiger partial charge in [0.25, 0.3) is 5.91 Å². The van der Waals surface area contributed by atoms with Crippen molar-refractivity contribution in [1.82, 2.24) is 4.90 Å². The fraction of sp³-hybridized carbons (Fsp3) is 0.435. The molecule has 1 aromatic rings. The van der Waals surface area contributed by atoms with E-state index < -0.39 is 68.8 Å². The zero-order valence-electron chi connectivity index (χ0n) is 18.9. The molecule has 1 amide bonds. The maximum absolute atomic E-state index is 13.7. The number of nitrogens with two attached hydrogens (primary N) is 1. The van der Waals surface area contributed by atoms with Gasteiger partial charge in [0.05, 0.1) is 11.6 Å². The summed E-state index contributed by atoms with van der Waals surface area (Å²) in [6.07, 6.45) is 0.110. The van der Waals surface area contributed by atoms with Gasteiger partial charge in [-0.25, -0.2) is 4.39 Å². The van der Waals surface area contributed by atoms with E-state index in [1.165, 1.54) is 31.1 Å². The maximum Gasteiger partial charge on any atom is 0.255 e. The number of nitrogens with zero attached hydrogens (tertiary/aromatic N) is 1. The number of primary amides is 1. The highest BCUT2D eigenvalue weighted by Gasteiger charge is 2.64. The van der Waals surface area contributed by atoms with E-state index in [0.29, 0.717) is 11.3 Å². The molecular formula is C23H25FIN3O7. The van der Waals surface area contributed by atoms with Gasteiger partial charge in [-0.1, -0.05) is 22.6 Å². The minimum atomic E-state index is -2.68. The number of amides is 1. The molecule has 1 aromatic carbocycles. The molecule has 0 radical (unpaired) electrons. The van der Waals surface area contributed by atoms with Crippen LogP contribution in [0, 0.1) is 11.8 Å². The molecule has 4 rings (SSSR count). The quantitative estimate of drug-likeness (QED) is 0.0951. The number of hydrogen-bond acceptors (Lipinski definition) is 9. The molecular weight excluding hydrogens is 576 g/mol. The average molecular weight is 601 g/mol. The number of aliphatic hydroxyl groups excluding tert-OH is 2. The molecule has 0 heterocycles. The molecule has 12 heteroatoms. The number of nitrogens with one attached hydrogen (secondary N) is 1. The predicted molar refractivity (Wildman–Crippen MR) is 132 cm³/mol. The van der Waals surface area contributed by atoms with E-state index in [9.17, 15) is 39.2 Å². The number of rotatable bonds is 5. The fourth-order valence-corrected chi connectivity index (χ4v) is 5.92. The van der Waals surface area contributed by atoms with Gasteiger partial charge >= 0.3 is 0 Å². The van der Waals surface area contributed by atoms with Crippen LogP contribution in [-0.2, 0) is 20.8 Å². The summed E-state index contributed by atoms with van der Waals surface area (Å²) in [5.41, 5.74) is 2.38. The molecule has 0 saturated heterocycles. The molecule has 1 saturated carbocycles. The lowest BCUT2D eigenvalue weighted by Gasteiger charge is -2.50. The topological polar surface area (TPSA) is 173 Å². The first-order valence-electron chi connectivity index (χ1n) is 10.8. The summed E-state index contributed by atoms with van der Waals surface area (Å²) in [6, 6.07) is 1.67. The molecule has 10 nitrogen and oxygen atoms in total. The van der Waals surface area contributed by atoms with Gasteiger partial charge in [0, 0.05) is 17.2 Å². The van der Waals surface area contributed by atoms with Gasteiger partial charge < -0.3 is 31.5 Å². The lowest BCUT2D eigenvalue weighted by Crippen LogP contribution is -2.65. The highest BCUT2D eigenvalue weighted by atomic mass is 127. The van der Waals surface area contributed by atoms with Gasteiger partial charge in [-0.2, -0.15) is 0 Å². The number of likely N-dealkylation sites (N-methyl/N-ethyl adjacent to an activating group) is 1. The van der Waals surface area contributed by atoms with Crippen LogP contribution in [0.1, 0.15) is 17.5 Å². The zero-order valence-corrected chi connectivity index (χ0v) is 21.0. The molecule has 0 aromatic heterocycles. The van der Waals surface area contributed by atoms with Gasteiger partial charge in [-0.15, -0.1) is 0 Å². The monoisotopic (exact) mass is 601 g/mol. The Kier molecular flexibility index (Phi) is 6.34. The third-order valence-electron chi connectivity index (χ3n) is 7.05. The van der Waals surface area contributed by atoms with Crippen LogP contribution >= 0.6 is 22.6 Å². The number of aromatic hydroxyl groups is 1. The highest BCUT2D eigenvalue weighted by Crippen LogP contribution is 2.53. The number of hydrogen-bond donors (Lipinski definition) is 6. The van der Waals surface area contributed by atoms with Gasteiger partial charge in [0.1, 0.15) is 33.6 Å². The summed E-state index contributed by atoms with van der Waals surface area (Å²) in [7, 11) is 3.07. The first kappa shape index (κ1) is 25.4. The predicted octanol–water partition coefficient (Wildman–Crippen LogP) is 1.11. The molecule has 5 unspecified atom stereocenters. The van der Waals surface area contributed by atoms with Gasteiger partial charge in [0.15, 0.2) is 11.4 Å². The number of phenolic OH excluding ortho intramolecular Hbond substituents is 1. The van der Waals surface area contributed by atoms with E-state index in [2.05, 4.69) is 5.32 Å². The molecule has 188 valence electrons. The van der Waals surface area contributed by atoms with Crippen molar-refractivity contribution >= 4 is 51.5 Å². The highest BCUT2D eigenvalue weighted by molar-refractivity contribution is 14.1. The van der Waals surface area contributed by atoms with E-state index in [4.69, 9.17) is 5.73 Å². The Labute approximate surface area is 213 Å². The number of aliphatic hydroxyl groups is 3. The summed E-state index contributed by atoms with van der Waals surface area (Å²) >= 11 is 1.86. The summed E-state index contributed by atoms with van der Waals surface area (Å²) in [4.78, 5) is 40.2. The molecule has 1 fully saturated rings. The molecule has 0 aliphatic heterocycles. The lowest BCUT2D eigenvalue weighted by molar-refractivity contribution is -0.153. The van der Waals surface area contributed by atoms with Crippen LogP contribution in [0.3, 0.4) is 0 Å². The number of halogens is 2. The first-order valence-corrected chi connectivity index (χ1v) is 12.1. The number of fused-ring (bicyclic) bond motifs is 3. The summed E-state index contributed by atoms with van der Waals surface area (Å²) < 4.78 is 12.6. The van der Waals surface area contributed by atoms with Crippen molar-refractivity contribution in [3.63, 3.8) is 0 Å². The number of alkyl halides is 2. The Morgan fingerprint density at radius 3 is 2.54 bits per heavy atom. The van der Waals surface area contributed by atoms with Crippen molar-refractivity contribution < 1.29 is 39.2 Å². The summed E-state index contributed by atoms with van der Waals surface area (Å²) in [6.45, 7) is -0.680. The summed E-state index contributed by atoms with van der Waals surface area (Å²) in [5, 5.41) is 46.9. The third kappa shape index (κ3) is 3.61. The van der Waals surface area contributed by atoms with Crippen LogP contribution in [0.5, 0.6) is 5.75 Å². The molecule has 0 bridgehead atoms. The second kappa shape index (κ2) is 8.75. The molecule has 3 aliphatic rings. The zero-order chi connectivity index (χ0) is 26.0. The third-order valence-corrected chi connectivity index (χ3v) is 7.70. The van der Waals surface area contributed by atoms with Crippen molar-refractivity contribution in [2.45, 2.75) is 28.5 Å². The van der Waals surface area contributed by atoms with E-state index in [0.717, 1.165) is 0 Å². The van der Waals surface area contributed by atoms with Crippen LogP contribution in [0.4, 0.5) is 10.1 Å². The van der Waals surface area contributed by atoms with Crippen molar-refractivity contribution in [2.75, 3.05) is 26.1 Å². The minimum absolute atomic E-state index is 0.0162. The first-order chi connectivity index (χ1) is 16.4. The van der Waals surface area contributed by atoms with Crippen LogP contribution < -0.4 is 11.1 Å². The van der Waals surface area contributed by atoms with Crippen LogP contribution in [0.2, 0.25) is 0 Å². The number of carbonyl (C=O) groups is 3. The molecule has 3 aliphatic carbocycles. The fourth-order valence-electron chi connectivity index (χ4n) is 5.59. The van der Waals surface area contributed by atoms with Gasteiger partial charge in [0.2, 0.25) is 5.78 Å². The largest absolute Gasteiger partial charge is 0.508 e. The van der Waals surface area contributed by atoms with Crippen LogP contribution in [-0.4, -0.2) is 79.3 Å². The molecule has 7 N–H and O–H groups in total. The van der Waals surface area contributed by atoms with Crippen molar-refractivity contribution in [1.29, 1.82) is 0 Å². The number of carbonyl (C=O) groups excluding carboxylic acids is 3. The van der Waals surface area contributed by atoms with Crippen molar-refractivity contribution in [3.8, 4) is 5.75 Å². The molecule has 0 spiro atoms.